The average Bonchev–Trinajstić information content (AvgIpc) is 2.18. The number of ether oxygens (including phenoxy) is 2. The summed E-state index contributed by atoms with van der Waals surface area (Å²) in [4.78, 5) is 0. The van der Waals surface area contributed by atoms with E-state index in [4.69, 9.17) is 9.47 Å². The molecule has 1 aliphatic carbocycles. The van der Waals surface area contributed by atoms with E-state index in [9.17, 15) is 5.11 Å². The first-order chi connectivity index (χ1) is 7.19. The van der Waals surface area contributed by atoms with Crippen LogP contribution in [0.25, 0.3) is 0 Å². The molecular weight excluding hydrogens is 192 g/mol. The van der Waals surface area contributed by atoms with Gasteiger partial charge in [-0.25, -0.2) is 0 Å². The van der Waals surface area contributed by atoms with Gasteiger partial charge in [0.05, 0.1) is 18.3 Å². The Kier molecular flexibility index (Phi) is 5.58. The maximum atomic E-state index is 9.54. The van der Waals surface area contributed by atoms with Crippen LogP contribution in [0.2, 0.25) is 0 Å². The molecule has 1 fully saturated rings. The number of aliphatic hydroxyl groups excluding tert-OH is 1. The van der Waals surface area contributed by atoms with Crippen molar-refractivity contribution >= 4 is 0 Å². The van der Waals surface area contributed by atoms with Crippen molar-refractivity contribution in [3.05, 3.63) is 0 Å². The molecule has 0 amide bonds. The number of hydrogen-bond donors (Lipinski definition) is 1. The Balaban J connectivity index is 2.23. The lowest BCUT2D eigenvalue weighted by atomic mass is 9.87. The second kappa shape index (κ2) is 6.46. The summed E-state index contributed by atoms with van der Waals surface area (Å²) in [5, 5.41) is 9.54. The first-order valence-corrected chi connectivity index (χ1v) is 6.14. The molecule has 3 heteroatoms. The van der Waals surface area contributed by atoms with Crippen LogP contribution in [0.5, 0.6) is 0 Å². The lowest BCUT2D eigenvalue weighted by Crippen LogP contribution is -2.54. The maximum absolute atomic E-state index is 9.54. The summed E-state index contributed by atoms with van der Waals surface area (Å²) in [6.45, 7) is 7.02. The lowest BCUT2D eigenvalue weighted by Gasteiger charge is -2.42. The molecule has 0 saturated heterocycles. The number of rotatable bonds is 7. The van der Waals surface area contributed by atoms with Gasteiger partial charge in [0.2, 0.25) is 0 Å². The largest absolute Gasteiger partial charge is 0.390 e. The van der Waals surface area contributed by atoms with Crippen LogP contribution >= 0.6 is 0 Å². The highest BCUT2D eigenvalue weighted by Crippen LogP contribution is 2.29. The molecule has 4 unspecified atom stereocenters. The van der Waals surface area contributed by atoms with Gasteiger partial charge in [0.25, 0.3) is 0 Å². The highest BCUT2D eigenvalue weighted by molar-refractivity contribution is 4.92. The van der Waals surface area contributed by atoms with Gasteiger partial charge in [0, 0.05) is 13.0 Å². The van der Waals surface area contributed by atoms with E-state index in [0.717, 1.165) is 25.7 Å². The maximum Gasteiger partial charge on any atom is 0.110 e. The number of aliphatic hydroxyl groups is 1. The second-order valence-electron chi connectivity index (χ2n) is 4.41. The quantitative estimate of drug-likeness (QED) is 0.708. The third kappa shape index (κ3) is 3.74. The van der Waals surface area contributed by atoms with Crippen LogP contribution in [0.1, 0.15) is 46.5 Å². The van der Waals surface area contributed by atoms with Crippen molar-refractivity contribution in [3.8, 4) is 0 Å². The summed E-state index contributed by atoms with van der Waals surface area (Å²) >= 11 is 0. The zero-order valence-corrected chi connectivity index (χ0v) is 10.1. The predicted molar refractivity (Wildman–Crippen MR) is 59.9 cm³/mol. The SMILES string of the molecule is CCCOC1C(O)CC1OC(C)CCC. The summed E-state index contributed by atoms with van der Waals surface area (Å²) in [6, 6.07) is 0. The summed E-state index contributed by atoms with van der Waals surface area (Å²) in [6.07, 6.45) is 3.89. The average molecular weight is 216 g/mol. The molecule has 0 aliphatic heterocycles. The van der Waals surface area contributed by atoms with Gasteiger partial charge in [0.15, 0.2) is 0 Å². The lowest BCUT2D eigenvalue weighted by molar-refractivity contribution is -0.205. The Bertz CT molecular complexity index is 172. The van der Waals surface area contributed by atoms with E-state index < -0.39 is 0 Å². The minimum absolute atomic E-state index is 0.0933. The van der Waals surface area contributed by atoms with E-state index in [1.807, 2.05) is 0 Å². The van der Waals surface area contributed by atoms with Gasteiger partial charge in [-0.1, -0.05) is 20.3 Å². The van der Waals surface area contributed by atoms with E-state index in [0.29, 0.717) is 6.61 Å². The predicted octanol–water partition coefficient (Wildman–Crippen LogP) is 2.12. The first kappa shape index (κ1) is 12.9. The minimum Gasteiger partial charge on any atom is -0.390 e. The third-order valence-corrected chi connectivity index (χ3v) is 2.84. The summed E-state index contributed by atoms with van der Waals surface area (Å²) in [5.74, 6) is 0. The normalized spacial score (nSPS) is 32.4. The Morgan fingerprint density at radius 1 is 1.33 bits per heavy atom. The second-order valence-corrected chi connectivity index (χ2v) is 4.41. The molecule has 3 nitrogen and oxygen atoms in total. The molecule has 0 aromatic rings. The summed E-state index contributed by atoms with van der Waals surface area (Å²) in [7, 11) is 0. The molecule has 4 atom stereocenters. The molecule has 0 spiro atoms. The first-order valence-electron chi connectivity index (χ1n) is 6.14. The standard InChI is InChI=1S/C12H24O3/c1-4-6-9(3)15-11-8-10(13)12(11)14-7-5-2/h9-13H,4-8H2,1-3H3. The summed E-state index contributed by atoms with van der Waals surface area (Å²) < 4.78 is 11.4. The van der Waals surface area contributed by atoms with Crippen molar-refractivity contribution in [2.45, 2.75) is 70.9 Å². The van der Waals surface area contributed by atoms with Crippen LogP contribution < -0.4 is 0 Å². The zero-order chi connectivity index (χ0) is 11.3. The van der Waals surface area contributed by atoms with Crippen LogP contribution in [-0.4, -0.2) is 36.1 Å². The topological polar surface area (TPSA) is 38.7 Å². The highest BCUT2D eigenvalue weighted by atomic mass is 16.6. The third-order valence-electron chi connectivity index (χ3n) is 2.84. The van der Waals surface area contributed by atoms with Crippen molar-refractivity contribution in [3.63, 3.8) is 0 Å². The molecule has 0 aromatic carbocycles. The molecule has 0 radical (unpaired) electrons. The van der Waals surface area contributed by atoms with E-state index in [1.165, 1.54) is 0 Å². The van der Waals surface area contributed by atoms with Crippen molar-refractivity contribution < 1.29 is 14.6 Å². The van der Waals surface area contributed by atoms with E-state index in [1.54, 1.807) is 0 Å². The van der Waals surface area contributed by atoms with Gasteiger partial charge < -0.3 is 14.6 Å². The fourth-order valence-corrected chi connectivity index (χ4v) is 1.94. The Hall–Kier alpha value is -0.120. The molecule has 1 rings (SSSR count). The molecule has 0 heterocycles. The van der Waals surface area contributed by atoms with E-state index in [-0.39, 0.29) is 24.4 Å². The molecule has 0 bridgehead atoms. The minimum atomic E-state index is -0.324. The van der Waals surface area contributed by atoms with Gasteiger partial charge in [-0.2, -0.15) is 0 Å². The Labute approximate surface area is 92.8 Å². The van der Waals surface area contributed by atoms with Crippen molar-refractivity contribution in [1.29, 1.82) is 0 Å². The molecule has 15 heavy (non-hydrogen) atoms. The number of hydrogen-bond acceptors (Lipinski definition) is 3. The molecule has 1 N–H and O–H groups in total. The zero-order valence-electron chi connectivity index (χ0n) is 10.1. The monoisotopic (exact) mass is 216 g/mol. The highest BCUT2D eigenvalue weighted by Gasteiger charge is 2.42. The van der Waals surface area contributed by atoms with Gasteiger partial charge in [-0.15, -0.1) is 0 Å². The van der Waals surface area contributed by atoms with Crippen molar-refractivity contribution in [1.82, 2.24) is 0 Å². The van der Waals surface area contributed by atoms with Crippen molar-refractivity contribution in [2.75, 3.05) is 6.61 Å². The fourth-order valence-electron chi connectivity index (χ4n) is 1.94. The molecule has 0 aromatic heterocycles. The van der Waals surface area contributed by atoms with Crippen LogP contribution in [0.3, 0.4) is 0 Å². The molecule has 1 saturated carbocycles. The van der Waals surface area contributed by atoms with Gasteiger partial charge in [0.1, 0.15) is 6.10 Å². The van der Waals surface area contributed by atoms with Crippen LogP contribution in [-0.2, 0) is 9.47 Å². The van der Waals surface area contributed by atoms with Crippen LogP contribution in [0.15, 0.2) is 0 Å². The smallest absolute Gasteiger partial charge is 0.110 e. The molecule has 1 aliphatic rings. The van der Waals surface area contributed by atoms with E-state index >= 15 is 0 Å². The molecular formula is C12H24O3. The summed E-state index contributed by atoms with van der Waals surface area (Å²) in [5.41, 5.74) is 0. The van der Waals surface area contributed by atoms with E-state index in [2.05, 4.69) is 20.8 Å². The Morgan fingerprint density at radius 3 is 2.60 bits per heavy atom. The van der Waals surface area contributed by atoms with Crippen LogP contribution in [0, 0.1) is 0 Å². The molecule has 90 valence electrons. The Morgan fingerprint density at radius 2 is 2.07 bits per heavy atom. The van der Waals surface area contributed by atoms with Crippen LogP contribution in [0.4, 0.5) is 0 Å². The van der Waals surface area contributed by atoms with Gasteiger partial charge in [-0.05, 0) is 19.8 Å². The van der Waals surface area contributed by atoms with Crippen molar-refractivity contribution in [2.24, 2.45) is 0 Å². The fraction of sp³-hybridized carbons (Fsp3) is 1.00. The van der Waals surface area contributed by atoms with Gasteiger partial charge in [-0.3, -0.25) is 0 Å². The van der Waals surface area contributed by atoms with Gasteiger partial charge >= 0.3 is 0 Å².